The van der Waals surface area contributed by atoms with Gasteiger partial charge in [-0.25, -0.2) is 4.79 Å². The Morgan fingerprint density at radius 3 is 2.08 bits per heavy atom. The fourth-order valence-corrected chi connectivity index (χ4v) is 2.83. The molecule has 0 aromatic heterocycles. The lowest BCUT2D eigenvalue weighted by molar-refractivity contribution is 0.0734. The summed E-state index contributed by atoms with van der Waals surface area (Å²) < 4.78 is 11.6. The van der Waals surface area contributed by atoms with Crippen LogP contribution in [0.25, 0.3) is 0 Å². The molecular weight excluding hydrogens is 316 g/mol. The molecule has 0 fully saturated rings. The average Bonchev–Trinajstić information content (AvgIpc) is 2.54. The zero-order valence-corrected chi connectivity index (χ0v) is 16.1. The quantitative estimate of drug-likeness (QED) is 0.413. The second-order valence-electron chi connectivity index (χ2n) is 7.45. The average molecular weight is 343 g/mol. The minimum atomic E-state index is -1.76. The molecule has 0 radical (unpaired) electrons. The highest BCUT2D eigenvalue weighted by atomic mass is 28.4. The van der Waals surface area contributed by atoms with Gasteiger partial charge in [-0.3, -0.25) is 0 Å². The molecule has 3 nitrogen and oxygen atoms in total. The van der Waals surface area contributed by atoms with Crippen molar-refractivity contribution < 1.29 is 14.0 Å². The lowest BCUT2D eigenvalue weighted by Gasteiger charge is -2.36. The maximum absolute atomic E-state index is 12.0. The summed E-state index contributed by atoms with van der Waals surface area (Å²) in [7, 11) is -1.76. The van der Waals surface area contributed by atoms with Crippen LogP contribution in [0.5, 0.6) is 5.75 Å². The summed E-state index contributed by atoms with van der Waals surface area (Å²) in [6.45, 7) is 11.7. The Kier molecular flexibility index (Phi) is 5.62. The van der Waals surface area contributed by atoms with Crippen LogP contribution in [0.15, 0.2) is 54.6 Å². The normalized spacial score (nSPS) is 12.0. The first-order valence-corrected chi connectivity index (χ1v) is 11.1. The van der Waals surface area contributed by atoms with Gasteiger partial charge in [0.05, 0.1) is 12.2 Å². The fraction of sp³-hybridized carbons (Fsp3) is 0.350. The first-order chi connectivity index (χ1) is 11.2. The second-order valence-corrected chi connectivity index (χ2v) is 12.3. The Morgan fingerprint density at radius 1 is 0.958 bits per heavy atom. The Hall–Kier alpha value is -1.91. The summed E-state index contributed by atoms with van der Waals surface area (Å²) in [5, 5.41) is 0.193. The minimum absolute atomic E-state index is 0.193. The van der Waals surface area contributed by atoms with Crippen LogP contribution in [0.1, 0.15) is 36.7 Å². The van der Waals surface area contributed by atoms with E-state index < -0.39 is 8.32 Å². The van der Waals surface area contributed by atoms with E-state index in [1.807, 2.05) is 42.5 Å². The molecule has 2 rings (SSSR count). The van der Waals surface area contributed by atoms with Crippen molar-refractivity contribution in [1.82, 2.24) is 0 Å². The smallest absolute Gasteiger partial charge is 0.343 e. The molecule has 0 N–H and O–H groups in total. The van der Waals surface area contributed by atoms with Gasteiger partial charge in [-0.1, -0.05) is 51.1 Å². The van der Waals surface area contributed by atoms with E-state index in [1.165, 1.54) is 0 Å². The van der Waals surface area contributed by atoms with E-state index >= 15 is 0 Å². The molecule has 0 atom stereocenters. The van der Waals surface area contributed by atoms with Crippen molar-refractivity contribution in [2.45, 2.75) is 45.5 Å². The standard InChI is InChI=1S/C20H26O3Si/c1-20(2,3)24(4,5)22-15-16-11-13-18(14-12-16)23-19(21)17-9-7-6-8-10-17/h6-14H,15H2,1-5H3. The molecule has 128 valence electrons. The van der Waals surface area contributed by atoms with Crippen LogP contribution in [0, 0.1) is 0 Å². The maximum atomic E-state index is 12.0. The topological polar surface area (TPSA) is 35.5 Å². The molecule has 0 bridgehead atoms. The van der Waals surface area contributed by atoms with Crippen molar-refractivity contribution in [3.8, 4) is 5.75 Å². The highest BCUT2D eigenvalue weighted by Crippen LogP contribution is 2.37. The molecule has 2 aromatic rings. The van der Waals surface area contributed by atoms with Crippen LogP contribution in [-0.4, -0.2) is 14.3 Å². The summed E-state index contributed by atoms with van der Waals surface area (Å²) in [6, 6.07) is 16.5. The molecule has 0 unspecified atom stereocenters. The number of hydrogen-bond acceptors (Lipinski definition) is 3. The van der Waals surface area contributed by atoms with Crippen LogP contribution in [0.4, 0.5) is 0 Å². The van der Waals surface area contributed by atoms with Gasteiger partial charge in [-0.15, -0.1) is 0 Å². The van der Waals surface area contributed by atoms with Gasteiger partial charge in [0.15, 0.2) is 8.32 Å². The third-order valence-electron chi connectivity index (χ3n) is 4.55. The van der Waals surface area contributed by atoms with Gasteiger partial charge >= 0.3 is 5.97 Å². The van der Waals surface area contributed by atoms with Gasteiger partial charge in [0.25, 0.3) is 0 Å². The minimum Gasteiger partial charge on any atom is -0.423 e. The van der Waals surface area contributed by atoms with Gasteiger partial charge in [0.2, 0.25) is 0 Å². The van der Waals surface area contributed by atoms with E-state index in [2.05, 4.69) is 33.9 Å². The zero-order chi connectivity index (χ0) is 17.8. The molecule has 4 heteroatoms. The predicted molar refractivity (Wildman–Crippen MR) is 99.8 cm³/mol. The first-order valence-electron chi connectivity index (χ1n) is 8.19. The molecule has 0 saturated carbocycles. The summed E-state index contributed by atoms with van der Waals surface area (Å²) in [6.07, 6.45) is 0. The SMILES string of the molecule is CC(C)(C)[Si](C)(C)OCc1ccc(OC(=O)c2ccccc2)cc1. The number of carbonyl (C=O) groups is 1. The van der Waals surface area contributed by atoms with Crippen LogP contribution < -0.4 is 4.74 Å². The molecule has 0 aliphatic heterocycles. The molecule has 0 aliphatic carbocycles. The van der Waals surface area contributed by atoms with Gasteiger partial charge in [0, 0.05) is 0 Å². The van der Waals surface area contributed by atoms with Gasteiger partial charge in [-0.05, 0) is 48.0 Å². The van der Waals surface area contributed by atoms with Gasteiger partial charge in [-0.2, -0.15) is 0 Å². The van der Waals surface area contributed by atoms with Crippen molar-refractivity contribution in [3.05, 3.63) is 65.7 Å². The third kappa shape index (κ3) is 4.79. The van der Waals surface area contributed by atoms with Crippen molar-refractivity contribution in [2.75, 3.05) is 0 Å². The van der Waals surface area contributed by atoms with Crippen molar-refractivity contribution >= 4 is 14.3 Å². The van der Waals surface area contributed by atoms with E-state index in [4.69, 9.17) is 9.16 Å². The van der Waals surface area contributed by atoms with E-state index in [1.54, 1.807) is 12.1 Å². The van der Waals surface area contributed by atoms with E-state index in [0.29, 0.717) is 17.9 Å². The molecule has 2 aromatic carbocycles. The van der Waals surface area contributed by atoms with Gasteiger partial charge < -0.3 is 9.16 Å². The number of rotatable bonds is 5. The molecule has 0 heterocycles. The zero-order valence-electron chi connectivity index (χ0n) is 15.1. The number of hydrogen-bond donors (Lipinski definition) is 0. The number of ether oxygens (including phenoxy) is 1. The molecule has 0 aliphatic rings. The van der Waals surface area contributed by atoms with Crippen molar-refractivity contribution in [2.24, 2.45) is 0 Å². The number of esters is 1. The van der Waals surface area contributed by atoms with Crippen LogP contribution in [-0.2, 0) is 11.0 Å². The summed E-state index contributed by atoms with van der Waals surface area (Å²) >= 11 is 0. The second kappa shape index (κ2) is 7.32. The molecule has 0 amide bonds. The molecule has 0 saturated heterocycles. The van der Waals surface area contributed by atoms with Crippen LogP contribution in [0.2, 0.25) is 18.1 Å². The molecule has 24 heavy (non-hydrogen) atoms. The fourth-order valence-electron chi connectivity index (χ4n) is 1.87. The Balaban J connectivity index is 1.95. The van der Waals surface area contributed by atoms with Crippen molar-refractivity contribution in [1.29, 1.82) is 0 Å². The monoisotopic (exact) mass is 342 g/mol. The highest BCUT2D eigenvalue weighted by Gasteiger charge is 2.36. The lowest BCUT2D eigenvalue weighted by atomic mass is 10.2. The number of carbonyl (C=O) groups excluding carboxylic acids is 1. The van der Waals surface area contributed by atoms with Crippen LogP contribution in [0.3, 0.4) is 0 Å². The number of benzene rings is 2. The van der Waals surface area contributed by atoms with Crippen LogP contribution >= 0.6 is 0 Å². The molecule has 0 spiro atoms. The summed E-state index contributed by atoms with van der Waals surface area (Å²) in [5.41, 5.74) is 1.63. The first kappa shape index (κ1) is 18.4. The predicted octanol–water partition coefficient (Wildman–Crippen LogP) is 5.43. The van der Waals surface area contributed by atoms with E-state index in [0.717, 1.165) is 5.56 Å². The largest absolute Gasteiger partial charge is 0.423 e. The molecular formula is C20H26O3Si. The Morgan fingerprint density at radius 2 is 1.54 bits per heavy atom. The summed E-state index contributed by atoms with van der Waals surface area (Å²) in [4.78, 5) is 12.0. The Labute approximate surface area is 145 Å². The third-order valence-corrected chi connectivity index (χ3v) is 9.03. The Bertz CT molecular complexity index is 670. The maximum Gasteiger partial charge on any atom is 0.343 e. The van der Waals surface area contributed by atoms with E-state index in [9.17, 15) is 4.79 Å². The van der Waals surface area contributed by atoms with Crippen molar-refractivity contribution in [3.63, 3.8) is 0 Å². The summed E-state index contributed by atoms with van der Waals surface area (Å²) in [5.74, 6) is 0.195. The highest BCUT2D eigenvalue weighted by molar-refractivity contribution is 6.74. The van der Waals surface area contributed by atoms with E-state index in [-0.39, 0.29) is 11.0 Å². The van der Waals surface area contributed by atoms with Gasteiger partial charge in [0.1, 0.15) is 5.75 Å². The lowest BCUT2D eigenvalue weighted by Crippen LogP contribution is -2.40.